The van der Waals surface area contributed by atoms with E-state index in [2.05, 4.69) is 24.1 Å². The minimum atomic E-state index is -0.576. The summed E-state index contributed by atoms with van der Waals surface area (Å²) in [4.78, 5) is 2.60. The van der Waals surface area contributed by atoms with Crippen molar-refractivity contribution in [3.8, 4) is 0 Å². The van der Waals surface area contributed by atoms with Crippen molar-refractivity contribution < 1.29 is 5.11 Å². The van der Waals surface area contributed by atoms with Crippen LogP contribution in [0.2, 0.25) is 0 Å². The number of hydrogen-bond acceptors (Lipinski definition) is 3. The van der Waals surface area contributed by atoms with E-state index in [9.17, 15) is 5.11 Å². The van der Waals surface area contributed by atoms with Crippen molar-refractivity contribution >= 4 is 0 Å². The Kier molecular flexibility index (Phi) is 3.57. The first-order valence-electron chi connectivity index (χ1n) is 6.69. The first-order chi connectivity index (χ1) is 7.49. The highest BCUT2D eigenvalue weighted by atomic mass is 16.3. The Morgan fingerprint density at radius 3 is 2.62 bits per heavy atom. The average Bonchev–Trinajstić information content (AvgIpc) is 2.95. The molecule has 1 aliphatic heterocycles. The van der Waals surface area contributed by atoms with E-state index in [4.69, 9.17) is 0 Å². The molecule has 94 valence electrons. The van der Waals surface area contributed by atoms with E-state index >= 15 is 0 Å². The minimum Gasteiger partial charge on any atom is -0.389 e. The van der Waals surface area contributed by atoms with Crippen LogP contribution in [-0.2, 0) is 0 Å². The van der Waals surface area contributed by atoms with Gasteiger partial charge in [-0.2, -0.15) is 0 Å². The topological polar surface area (TPSA) is 35.5 Å². The third kappa shape index (κ3) is 2.96. The molecule has 3 heteroatoms. The van der Waals surface area contributed by atoms with E-state index in [-0.39, 0.29) is 0 Å². The van der Waals surface area contributed by atoms with Crippen molar-refractivity contribution in [3.63, 3.8) is 0 Å². The van der Waals surface area contributed by atoms with Gasteiger partial charge in [0.25, 0.3) is 0 Å². The number of hydrogen-bond donors (Lipinski definition) is 2. The molecule has 16 heavy (non-hydrogen) atoms. The molecule has 0 aromatic heterocycles. The fourth-order valence-electron chi connectivity index (χ4n) is 2.28. The highest BCUT2D eigenvalue weighted by molar-refractivity contribution is 4.92. The Morgan fingerprint density at radius 2 is 2.06 bits per heavy atom. The monoisotopic (exact) mass is 226 g/mol. The summed E-state index contributed by atoms with van der Waals surface area (Å²) in [6.07, 6.45) is 4.04. The summed E-state index contributed by atoms with van der Waals surface area (Å²) in [5.74, 6) is 0.306. The third-order valence-electron chi connectivity index (χ3n) is 4.28. The summed E-state index contributed by atoms with van der Waals surface area (Å²) in [6, 6.07) is 1.48. The Labute approximate surface area is 99.2 Å². The summed E-state index contributed by atoms with van der Waals surface area (Å²) in [7, 11) is 0. The van der Waals surface area contributed by atoms with E-state index in [1.165, 1.54) is 32.4 Å². The fourth-order valence-corrected chi connectivity index (χ4v) is 2.28. The SMILES string of the molecule is CC(C)C(C)(O)CNC1CCN(C2CC2)C1. The van der Waals surface area contributed by atoms with Crippen LogP contribution in [0.4, 0.5) is 0 Å². The molecule has 1 saturated carbocycles. The second kappa shape index (κ2) is 4.63. The summed E-state index contributed by atoms with van der Waals surface area (Å²) in [6.45, 7) is 9.22. The molecule has 0 radical (unpaired) electrons. The first kappa shape index (κ1) is 12.3. The van der Waals surface area contributed by atoms with E-state index in [1.807, 2.05) is 6.92 Å². The third-order valence-corrected chi connectivity index (χ3v) is 4.28. The van der Waals surface area contributed by atoms with Crippen LogP contribution in [0, 0.1) is 5.92 Å². The molecular weight excluding hydrogens is 200 g/mol. The number of likely N-dealkylation sites (tertiary alicyclic amines) is 1. The standard InChI is InChI=1S/C13H26N2O/c1-10(2)13(3,16)9-14-11-6-7-15(8-11)12-4-5-12/h10-12,14,16H,4-9H2,1-3H3. The van der Waals surface area contributed by atoms with Crippen LogP contribution < -0.4 is 5.32 Å². The van der Waals surface area contributed by atoms with Crippen LogP contribution >= 0.6 is 0 Å². The molecule has 0 aromatic rings. The Morgan fingerprint density at radius 1 is 1.38 bits per heavy atom. The van der Waals surface area contributed by atoms with Crippen LogP contribution in [0.25, 0.3) is 0 Å². The number of rotatable bonds is 5. The van der Waals surface area contributed by atoms with E-state index < -0.39 is 5.60 Å². The largest absolute Gasteiger partial charge is 0.389 e. The van der Waals surface area contributed by atoms with Gasteiger partial charge in [0, 0.05) is 31.7 Å². The first-order valence-corrected chi connectivity index (χ1v) is 6.69. The number of nitrogens with one attached hydrogen (secondary N) is 1. The van der Waals surface area contributed by atoms with Gasteiger partial charge in [0.15, 0.2) is 0 Å². The summed E-state index contributed by atoms with van der Waals surface area (Å²) in [5, 5.41) is 13.7. The predicted molar refractivity (Wildman–Crippen MR) is 66.5 cm³/mol. The molecule has 3 nitrogen and oxygen atoms in total. The summed E-state index contributed by atoms with van der Waals surface area (Å²) >= 11 is 0. The molecule has 2 fully saturated rings. The molecule has 0 aromatic carbocycles. The van der Waals surface area contributed by atoms with Gasteiger partial charge in [-0.25, -0.2) is 0 Å². The molecule has 2 unspecified atom stereocenters. The smallest absolute Gasteiger partial charge is 0.0766 e. The Balaban J connectivity index is 1.70. The average molecular weight is 226 g/mol. The zero-order valence-corrected chi connectivity index (χ0v) is 10.9. The molecular formula is C13H26N2O. The van der Waals surface area contributed by atoms with E-state index in [0.29, 0.717) is 18.5 Å². The maximum absolute atomic E-state index is 10.2. The molecule has 0 spiro atoms. The predicted octanol–water partition coefficient (Wildman–Crippen LogP) is 1.22. The van der Waals surface area contributed by atoms with Crippen molar-refractivity contribution in [1.82, 2.24) is 10.2 Å². The summed E-state index contributed by atoms with van der Waals surface area (Å²) < 4.78 is 0. The lowest BCUT2D eigenvalue weighted by molar-refractivity contribution is 0.0120. The van der Waals surface area contributed by atoms with Crippen molar-refractivity contribution in [2.24, 2.45) is 5.92 Å². The lowest BCUT2D eigenvalue weighted by Gasteiger charge is -2.29. The van der Waals surface area contributed by atoms with Gasteiger partial charge in [0.05, 0.1) is 5.60 Å². The van der Waals surface area contributed by atoms with Crippen LogP contribution in [0.1, 0.15) is 40.0 Å². The maximum Gasteiger partial charge on any atom is 0.0766 e. The van der Waals surface area contributed by atoms with E-state index in [1.54, 1.807) is 0 Å². The van der Waals surface area contributed by atoms with Gasteiger partial charge in [-0.05, 0) is 32.1 Å². The number of aliphatic hydroxyl groups is 1. The summed E-state index contributed by atoms with van der Waals surface area (Å²) in [5.41, 5.74) is -0.576. The maximum atomic E-state index is 10.2. The van der Waals surface area contributed by atoms with Gasteiger partial charge in [-0.15, -0.1) is 0 Å². The van der Waals surface area contributed by atoms with E-state index in [0.717, 1.165) is 6.04 Å². The lowest BCUT2D eigenvalue weighted by atomic mass is 9.92. The molecule has 2 atom stereocenters. The highest BCUT2D eigenvalue weighted by Crippen LogP contribution is 2.29. The Bertz CT molecular complexity index is 236. The normalized spacial score (nSPS) is 30.9. The molecule has 0 amide bonds. The molecule has 1 heterocycles. The second-order valence-electron chi connectivity index (χ2n) is 6.10. The van der Waals surface area contributed by atoms with Gasteiger partial charge in [-0.1, -0.05) is 13.8 Å². The van der Waals surface area contributed by atoms with Gasteiger partial charge in [-0.3, -0.25) is 4.90 Å². The zero-order valence-electron chi connectivity index (χ0n) is 10.9. The van der Waals surface area contributed by atoms with Crippen molar-refractivity contribution in [1.29, 1.82) is 0 Å². The molecule has 2 aliphatic rings. The number of nitrogens with zero attached hydrogens (tertiary/aromatic N) is 1. The van der Waals surface area contributed by atoms with Crippen LogP contribution in [-0.4, -0.2) is 47.3 Å². The van der Waals surface area contributed by atoms with Gasteiger partial charge >= 0.3 is 0 Å². The van der Waals surface area contributed by atoms with Crippen LogP contribution in [0.5, 0.6) is 0 Å². The van der Waals surface area contributed by atoms with Crippen molar-refractivity contribution in [3.05, 3.63) is 0 Å². The lowest BCUT2D eigenvalue weighted by Crippen LogP contribution is -2.46. The van der Waals surface area contributed by atoms with Crippen molar-refractivity contribution in [2.75, 3.05) is 19.6 Å². The molecule has 2 N–H and O–H groups in total. The molecule has 1 saturated heterocycles. The second-order valence-corrected chi connectivity index (χ2v) is 6.10. The van der Waals surface area contributed by atoms with Crippen molar-refractivity contribution in [2.45, 2.75) is 57.7 Å². The molecule has 0 bridgehead atoms. The highest BCUT2D eigenvalue weighted by Gasteiger charge is 2.35. The zero-order chi connectivity index (χ0) is 11.8. The fraction of sp³-hybridized carbons (Fsp3) is 1.00. The molecule has 2 rings (SSSR count). The minimum absolute atomic E-state index is 0.306. The van der Waals surface area contributed by atoms with Crippen LogP contribution in [0.3, 0.4) is 0 Å². The van der Waals surface area contributed by atoms with Gasteiger partial charge in [0.2, 0.25) is 0 Å². The van der Waals surface area contributed by atoms with Crippen LogP contribution in [0.15, 0.2) is 0 Å². The van der Waals surface area contributed by atoms with Gasteiger partial charge < -0.3 is 10.4 Å². The molecule has 1 aliphatic carbocycles. The van der Waals surface area contributed by atoms with Gasteiger partial charge in [0.1, 0.15) is 0 Å². The Hall–Kier alpha value is -0.120. The quantitative estimate of drug-likeness (QED) is 0.740.